The van der Waals surface area contributed by atoms with Crippen LogP contribution >= 0.6 is 0 Å². The molecular formula is C19H26N2O5S. The average Bonchev–Trinajstić information content (AvgIpc) is 2.94. The first-order valence-electron chi connectivity index (χ1n) is 9.11. The van der Waals surface area contributed by atoms with Gasteiger partial charge in [-0.25, -0.2) is 8.42 Å². The first kappa shape index (κ1) is 19.8. The van der Waals surface area contributed by atoms with Gasteiger partial charge in [0.15, 0.2) is 9.84 Å². The van der Waals surface area contributed by atoms with Crippen LogP contribution in [0.2, 0.25) is 0 Å². The summed E-state index contributed by atoms with van der Waals surface area (Å²) in [5.41, 5.74) is 3.57. The smallest absolute Gasteiger partial charge is 0.249 e. The quantitative estimate of drug-likeness (QED) is 0.800. The van der Waals surface area contributed by atoms with Gasteiger partial charge in [0.2, 0.25) is 11.8 Å². The first-order chi connectivity index (χ1) is 12.7. The molecular weight excluding hydrogens is 368 g/mol. The summed E-state index contributed by atoms with van der Waals surface area (Å²) in [6.45, 7) is 4.67. The number of carbonyl (C=O) groups is 2. The number of hydrogen-bond donors (Lipinski definition) is 1. The summed E-state index contributed by atoms with van der Waals surface area (Å²) in [5.74, 6) is -1.81. The molecule has 0 radical (unpaired) electrons. The number of fused-ring (bicyclic) bond motifs is 1. The van der Waals surface area contributed by atoms with Crippen LogP contribution in [-0.4, -0.2) is 62.4 Å². The third-order valence-electron chi connectivity index (χ3n) is 5.53. The molecule has 1 aromatic rings. The minimum absolute atomic E-state index is 0.210. The van der Waals surface area contributed by atoms with E-state index < -0.39 is 33.8 Å². The number of aryl methyl sites for hydroxylation is 1. The van der Waals surface area contributed by atoms with Crippen molar-refractivity contribution in [3.05, 3.63) is 34.9 Å². The molecule has 1 N–H and O–H groups in total. The van der Waals surface area contributed by atoms with Crippen molar-refractivity contribution < 1.29 is 22.7 Å². The molecule has 1 aromatic carbocycles. The van der Waals surface area contributed by atoms with E-state index in [-0.39, 0.29) is 17.4 Å². The highest BCUT2D eigenvalue weighted by molar-refractivity contribution is 7.91. The van der Waals surface area contributed by atoms with Crippen molar-refractivity contribution in [3.63, 3.8) is 0 Å². The van der Waals surface area contributed by atoms with Crippen molar-refractivity contribution in [1.82, 2.24) is 10.2 Å². The molecule has 1 unspecified atom stereocenters. The number of amides is 2. The number of sulfone groups is 1. The zero-order chi connectivity index (χ0) is 19.8. The average molecular weight is 394 g/mol. The van der Waals surface area contributed by atoms with E-state index in [1.54, 1.807) is 11.8 Å². The Morgan fingerprint density at radius 1 is 1.30 bits per heavy atom. The zero-order valence-electron chi connectivity index (χ0n) is 15.9. The Labute approximate surface area is 160 Å². The minimum Gasteiger partial charge on any atom is -0.372 e. The minimum atomic E-state index is -3.38. The van der Waals surface area contributed by atoms with E-state index in [4.69, 9.17) is 4.74 Å². The topological polar surface area (TPSA) is 92.8 Å². The van der Waals surface area contributed by atoms with Gasteiger partial charge in [-0.15, -0.1) is 0 Å². The van der Waals surface area contributed by atoms with Crippen molar-refractivity contribution in [1.29, 1.82) is 0 Å². The molecule has 0 spiro atoms. The van der Waals surface area contributed by atoms with Gasteiger partial charge in [0.25, 0.3) is 0 Å². The molecule has 8 heteroatoms. The summed E-state index contributed by atoms with van der Waals surface area (Å²) in [4.78, 5) is 26.9. The lowest BCUT2D eigenvalue weighted by Crippen LogP contribution is -2.50. The van der Waals surface area contributed by atoms with Crippen LogP contribution in [0.15, 0.2) is 18.2 Å². The maximum Gasteiger partial charge on any atom is 0.249 e. The van der Waals surface area contributed by atoms with Gasteiger partial charge >= 0.3 is 0 Å². The van der Waals surface area contributed by atoms with Gasteiger partial charge < -0.3 is 15.0 Å². The van der Waals surface area contributed by atoms with Crippen LogP contribution in [0.1, 0.15) is 23.6 Å². The van der Waals surface area contributed by atoms with Crippen LogP contribution in [0.4, 0.5) is 0 Å². The van der Waals surface area contributed by atoms with Gasteiger partial charge in [0, 0.05) is 20.2 Å². The maximum atomic E-state index is 13.1. The fourth-order valence-corrected chi connectivity index (χ4v) is 5.78. The molecule has 0 bridgehead atoms. The fourth-order valence-electron chi connectivity index (χ4n) is 3.86. The first-order valence-corrected chi connectivity index (χ1v) is 10.9. The van der Waals surface area contributed by atoms with Crippen molar-refractivity contribution >= 4 is 21.7 Å². The van der Waals surface area contributed by atoms with E-state index in [0.717, 1.165) is 12.0 Å². The molecule has 2 amide bonds. The lowest BCUT2D eigenvalue weighted by Gasteiger charge is -2.33. The van der Waals surface area contributed by atoms with Gasteiger partial charge in [0.05, 0.1) is 23.5 Å². The molecule has 0 saturated carbocycles. The van der Waals surface area contributed by atoms with Crippen LogP contribution in [0.5, 0.6) is 0 Å². The Hall–Kier alpha value is -1.93. The molecule has 148 valence electrons. The lowest BCUT2D eigenvalue weighted by atomic mass is 9.93. The van der Waals surface area contributed by atoms with Crippen molar-refractivity contribution in [3.8, 4) is 0 Å². The second-order valence-corrected chi connectivity index (χ2v) is 9.55. The van der Waals surface area contributed by atoms with Crippen LogP contribution in [0, 0.1) is 12.8 Å². The molecule has 0 aromatic heterocycles. The molecule has 3 atom stereocenters. The number of rotatable bonds is 4. The lowest BCUT2D eigenvalue weighted by molar-refractivity contribution is -0.137. The van der Waals surface area contributed by atoms with Crippen LogP contribution in [0.3, 0.4) is 0 Å². The van der Waals surface area contributed by atoms with E-state index in [9.17, 15) is 18.0 Å². The maximum absolute atomic E-state index is 13.1. The summed E-state index contributed by atoms with van der Waals surface area (Å²) in [6.07, 6.45) is 0.0548. The number of ether oxygens (including phenoxy) is 1. The third-order valence-corrected chi connectivity index (χ3v) is 7.27. The van der Waals surface area contributed by atoms with Gasteiger partial charge in [-0.05, 0) is 37.0 Å². The summed E-state index contributed by atoms with van der Waals surface area (Å²) in [7, 11) is -1.97. The SMILES string of the molecule is COC(C)C(=O)N[C@@H]1CS(=O)(=O)C[C@H]1C(=O)N1CCc2c(C)cccc2C1. The molecule has 27 heavy (non-hydrogen) atoms. The number of nitrogens with zero attached hydrogens (tertiary/aromatic N) is 1. The predicted octanol–water partition coefficient (Wildman–Crippen LogP) is 0.444. The summed E-state index contributed by atoms with van der Waals surface area (Å²) in [6, 6.07) is 5.32. The molecule has 1 saturated heterocycles. The summed E-state index contributed by atoms with van der Waals surface area (Å²) in [5, 5.41) is 2.69. The van der Waals surface area contributed by atoms with E-state index in [1.807, 2.05) is 12.1 Å². The highest BCUT2D eigenvalue weighted by atomic mass is 32.2. The highest BCUT2D eigenvalue weighted by Crippen LogP contribution is 2.27. The van der Waals surface area contributed by atoms with Crippen LogP contribution in [-0.2, 0) is 37.1 Å². The monoisotopic (exact) mass is 394 g/mol. The second-order valence-electron chi connectivity index (χ2n) is 7.40. The van der Waals surface area contributed by atoms with E-state index in [0.29, 0.717) is 13.1 Å². The van der Waals surface area contributed by atoms with Crippen LogP contribution < -0.4 is 5.32 Å². The number of hydrogen-bond acceptors (Lipinski definition) is 5. The van der Waals surface area contributed by atoms with E-state index in [2.05, 4.69) is 18.3 Å². The van der Waals surface area contributed by atoms with Crippen molar-refractivity contribution in [2.45, 2.75) is 39.0 Å². The molecule has 2 aliphatic heterocycles. The molecule has 2 aliphatic rings. The van der Waals surface area contributed by atoms with Crippen molar-refractivity contribution in [2.24, 2.45) is 5.92 Å². The Morgan fingerprint density at radius 3 is 2.74 bits per heavy atom. The Kier molecular flexibility index (Phi) is 5.58. The van der Waals surface area contributed by atoms with Gasteiger partial charge in [-0.2, -0.15) is 0 Å². The normalized spacial score (nSPS) is 24.9. The zero-order valence-corrected chi connectivity index (χ0v) is 16.7. The second kappa shape index (κ2) is 7.59. The van der Waals surface area contributed by atoms with Crippen LogP contribution in [0.25, 0.3) is 0 Å². The predicted molar refractivity (Wildman–Crippen MR) is 101 cm³/mol. The molecule has 1 fully saturated rings. The van der Waals surface area contributed by atoms with Gasteiger partial charge in [-0.1, -0.05) is 18.2 Å². The number of methoxy groups -OCH3 is 1. The number of nitrogens with one attached hydrogen (secondary N) is 1. The van der Waals surface area contributed by atoms with Gasteiger partial charge in [-0.3, -0.25) is 9.59 Å². The van der Waals surface area contributed by atoms with E-state index in [1.165, 1.54) is 18.2 Å². The molecule has 0 aliphatic carbocycles. The molecule has 2 heterocycles. The fraction of sp³-hybridized carbons (Fsp3) is 0.579. The Balaban J connectivity index is 1.77. The van der Waals surface area contributed by atoms with E-state index >= 15 is 0 Å². The summed E-state index contributed by atoms with van der Waals surface area (Å²) >= 11 is 0. The standard InChI is InChI=1S/C19H26N2O5S/c1-12-5-4-6-14-9-21(8-7-15(12)14)19(23)16-10-27(24,25)11-17(16)20-18(22)13(2)26-3/h4-6,13,16-17H,7-11H2,1-3H3,(H,20,22)/t13?,16-,17-/m1/s1. The van der Waals surface area contributed by atoms with Gasteiger partial charge in [0.1, 0.15) is 6.10 Å². The third kappa shape index (κ3) is 4.16. The largest absolute Gasteiger partial charge is 0.372 e. The molecule has 3 rings (SSSR count). The highest BCUT2D eigenvalue weighted by Gasteiger charge is 2.45. The Bertz CT molecular complexity index is 852. The molecule has 7 nitrogen and oxygen atoms in total. The number of benzene rings is 1. The number of carbonyl (C=O) groups excluding carboxylic acids is 2. The Morgan fingerprint density at radius 2 is 2.04 bits per heavy atom. The van der Waals surface area contributed by atoms with Crippen molar-refractivity contribution in [2.75, 3.05) is 25.2 Å². The summed E-state index contributed by atoms with van der Waals surface area (Å²) < 4.78 is 29.3.